The summed E-state index contributed by atoms with van der Waals surface area (Å²) in [6.07, 6.45) is 2.77. The number of rotatable bonds is 9. The van der Waals surface area contributed by atoms with Crippen molar-refractivity contribution >= 4 is 35.9 Å². The highest BCUT2D eigenvalue weighted by atomic mass is 127. The van der Waals surface area contributed by atoms with Gasteiger partial charge in [0.1, 0.15) is 0 Å². The van der Waals surface area contributed by atoms with E-state index in [1.165, 1.54) is 0 Å². The Balaban J connectivity index is 0.00000529. The SMILES string of the molecule is CCOC(=O)[C@@H]1CCCN(C(=NC)NCCCOCCOC)C1.I. The van der Waals surface area contributed by atoms with Crippen molar-refractivity contribution in [3.8, 4) is 0 Å². The zero-order valence-electron chi connectivity index (χ0n) is 15.1. The van der Waals surface area contributed by atoms with Crippen LogP contribution >= 0.6 is 24.0 Å². The van der Waals surface area contributed by atoms with Crippen LogP contribution in [0.2, 0.25) is 0 Å². The monoisotopic (exact) mass is 457 g/mol. The fraction of sp³-hybridized carbons (Fsp3) is 0.875. The second-order valence-corrected chi connectivity index (χ2v) is 5.47. The van der Waals surface area contributed by atoms with E-state index in [0.29, 0.717) is 33.0 Å². The Hall–Kier alpha value is -0.610. The molecule has 0 radical (unpaired) electrons. The zero-order chi connectivity index (χ0) is 16.9. The number of ether oxygens (including phenoxy) is 3. The molecule has 0 aromatic heterocycles. The Morgan fingerprint density at radius 1 is 1.33 bits per heavy atom. The number of hydrogen-bond donors (Lipinski definition) is 1. The number of aliphatic imine (C=N–C) groups is 1. The van der Waals surface area contributed by atoms with Crippen molar-refractivity contribution in [2.75, 3.05) is 60.2 Å². The summed E-state index contributed by atoms with van der Waals surface area (Å²) in [6.45, 7) is 6.59. The molecule has 24 heavy (non-hydrogen) atoms. The number of halogens is 1. The minimum Gasteiger partial charge on any atom is -0.466 e. The van der Waals surface area contributed by atoms with Crippen LogP contribution in [-0.4, -0.2) is 77.0 Å². The van der Waals surface area contributed by atoms with E-state index in [-0.39, 0.29) is 35.9 Å². The van der Waals surface area contributed by atoms with Gasteiger partial charge < -0.3 is 24.4 Å². The molecule has 1 rings (SSSR count). The van der Waals surface area contributed by atoms with Gasteiger partial charge in [0.15, 0.2) is 5.96 Å². The summed E-state index contributed by atoms with van der Waals surface area (Å²) < 4.78 is 15.5. The molecule has 0 aromatic carbocycles. The quantitative estimate of drug-likeness (QED) is 0.186. The molecular weight excluding hydrogens is 425 g/mol. The number of nitrogens with zero attached hydrogens (tertiary/aromatic N) is 2. The lowest BCUT2D eigenvalue weighted by Gasteiger charge is -2.33. The molecule has 0 amide bonds. The van der Waals surface area contributed by atoms with Gasteiger partial charge in [0, 0.05) is 40.4 Å². The summed E-state index contributed by atoms with van der Waals surface area (Å²) in [5, 5.41) is 3.33. The maximum absolute atomic E-state index is 11.9. The average molecular weight is 457 g/mol. The number of guanidine groups is 1. The van der Waals surface area contributed by atoms with Gasteiger partial charge in [-0.15, -0.1) is 24.0 Å². The van der Waals surface area contributed by atoms with Crippen LogP contribution in [0.4, 0.5) is 0 Å². The van der Waals surface area contributed by atoms with Gasteiger partial charge in [-0.05, 0) is 26.2 Å². The molecule has 1 atom stereocenters. The molecule has 0 spiro atoms. The number of methoxy groups -OCH3 is 1. The van der Waals surface area contributed by atoms with E-state index in [4.69, 9.17) is 14.2 Å². The summed E-state index contributed by atoms with van der Waals surface area (Å²) in [7, 11) is 3.43. The first kappa shape index (κ1) is 23.4. The summed E-state index contributed by atoms with van der Waals surface area (Å²) in [5.74, 6) is 0.690. The van der Waals surface area contributed by atoms with Crippen LogP contribution in [0.3, 0.4) is 0 Å². The van der Waals surface area contributed by atoms with Crippen molar-refractivity contribution in [2.24, 2.45) is 10.9 Å². The van der Waals surface area contributed by atoms with Crippen molar-refractivity contribution in [2.45, 2.75) is 26.2 Å². The average Bonchev–Trinajstić information content (AvgIpc) is 2.58. The van der Waals surface area contributed by atoms with Gasteiger partial charge in [-0.1, -0.05) is 0 Å². The highest BCUT2D eigenvalue weighted by molar-refractivity contribution is 14.0. The van der Waals surface area contributed by atoms with Crippen LogP contribution in [0.25, 0.3) is 0 Å². The molecule has 1 heterocycles. The van der Waals surface area contributed by atoms with Crippen LogP contribution in [-0.2, 0) is 19.0 Å². The maximum Gasteiger partial charge on any atom is 0.310 e. The summed E-state index contributed by atoms with van der Waals surface area (Å²) >= 11 is 0. The van der Waals surface area contributed by atoms with Crippen molar-refractivity contribution < 1.29 is 19.0 Å². The van der Waals surface area contributed by atoms with E-state index < -0.39 is 0 Å². The van der Waals surface area contributed by atoms with E-state index in [1.54, 1.807) is 14.2 Å². The van der Waals surface area contributed by atoms with Crippen LogP contribution in [0.1, 0.15) is 26.2 Å². The zero-order valence-corrected chi connectivity index (χ0v) is 17.4. The largest absolute Gasteiger partial charge is 0.466 e. The molecule has 0 aromatic rings. The van der Waals surface area contributed by atoms with E-state index in [2.05, 4.69) is 15.2 Å². The number of carbonyl (C=O) groups is 1. The minimum atomic E-state index is -0.0980. The normalized spacial score (nSPS) is 18.0. The number of esters is 1. The van der Waals surface area contributed by atoms with Gasteiger partial charge in [0.05, 0.1) is 25.7 Å². The number of carbonyl (C=O) groups excluding carboxylic acids is 1. The Bertz CT molecular complexity index is 369. The molecule has 0 saturated carbocycles. The smallest absolute Gasteiger partial charge is 0.310 e. The first-order valence-corrected chi connectivity index (χ1v) is 8.41. The molecule has 0 unspecified atom stereocenters. The molecule has 8 heteroatoms. The lowest BCUT2D eigenvalue weighted by Crippen LogP contribution is -2.48. The molecule has 1 saturated heterocycles. The fourth-order valence-electron chi connectivity index (χ4n) is 2.57. The Morgan fingerprint density at radius 2 is 2.12 bits per heavy atom. The standard InChI is InChI=1S/C16H31N3O4.HI/c1-4-23-15(20)14-7-5-9-19(13-14)16(17-2)18-8-6-10-22-12-11-21-3;/h14H,4-13H2,1-3H3,(H,17,18);1H/t14-;/m1./s1. The van der Waals surface area contributed by atoms with E-state index in [1.807, 2.05) is 6.92 Å². The number of nitrogens with one attached hydrogen (secondary N) is 1. The van der Waals surface area contributed by atoms with Crippen molar-refractivity contribution in [1.82, 2.24) is 10.2 Å². The second-order valence-electron chi connectivity index (χ2n) is 5.47. The molecule has 1 N–H and O–H groups in total. The molecule has 7 nitrogen and oxygen atoms in total. The highest BCUT2D eigenvalue weighted by Crippen LogP contribution is 2.18. The Labute approximate surface area is 162 Å². The van der Waals surface area contributed by atoms with Gasteiger partial charge in [0.2, 0.25) is 0 Å². The maximum atomic E-state index is 11.9. The van der Waals surface area contributed by atoms with Gasteiger partial charge in [-0.2, -0.15) is 0 Å². The summed E-state index contributed by atoms with van der Waals surface area (Å²) in [5.41, 5.74) is 0. The number of piperidine rings is 1. The molecule has 0 aliphatic carbocycles. The predicted octanol–water partition coefficient (Wildman–Crippen LogP) is 1.51. The third-order valence-corrected chi connectivity index (χ3v) is 3.73. The topological polar surface area (TPSA) is 72.4 Å². The van der Waals surface area contributed by atoms with Gasteiger partial charge in [0.25, 0.3) is 0 Å². The van der Waals surface area contributed by atoms with Crippen LogP contribution in [0.15, 0.2) is 4.99 Å². The van der Waals surface area contributed by atoms with Gasteiger partial charge in [-0.3, -0.25) is 9.79 Å². The molecule has 1 aliphatic heterocycles. The molecule has 1 aliphatic rings. The Kier molecular flexibility index (Phi) is 14.3. The van der Waals surface area contributed by atoms with Crippen molar-refractivity contribution in [1.29, 1.82) is 0 Å². The first-order valence-electron chi connectivity index (χ1n) is 8.41. The van der Waals surface area contributed by atoms with Crippen molar-refractivity contribution in [3.05, 3.63) is 0 Å². The summed E-state index contributed by atoms with van der Waals surface area (Å²) in [4.78, 5) is 18.4. The van der Waals surface area contributed by atoms with Crippen LogP contribution < -0.4 is 5.32 Å². The first-order chi connectivity index (χ1) is 11.2. The van der Waals surface area contributed by atoms with Gasteiger partial charge >= 0.3 is 5.97 Å². The van der Waals surface area contributed by atoms with Crippen LogP contribution in [0, 0.1) is 5.92 Å². The molecular formula is C16H32IN3O4. The van der Waals surface area contributed by atoms with E-state index in [0.717, 1.165) is 38.3 Å². The highest BCUT2D eigenvalue weighted by Gasteiger charge is 2.28. The third-order valence-electron chi connectivity index (χ3n) is 3.73. The second kappa shape index (κ2) is 14.7. The number of hydrogen-bond acceptors (Lipinski definition) is 5. The lowest BCUT2D eigenvalue weighted by atomic mass is 9.98. The van der Waals surface area contributed by atoms with E-state index >= 15 is 0 Å². The fourth-order valence-corrected chi connectivity index (χ4v) is 2.57. The van der Waals surface area contributed by atoms with Gasteiger partial charge in [-0.25, -0.2) is 0 Å². The minimum absolute atomic E-state index is 0. The predicted molar refractivity (Wildman–Crippen MR) is 105 cm³/mol. The van der Waals surface area contributed by atoms with E-state index in [9.17, 15) is 4.79 Å². The Morgan fingerprint density at radius 3 is 2.79 bits per heavy atom. The third kappa shape index (κ3) is 9.03. The molecule has 0 bridgehead atoms. The lowest BCUT2D eigenvalue weighted by molar-refractivity contribution is -0.149. The molecule has 1 fully saturated rings. The van der Waals surface area contributed by atoms with Crippen LogP contribution in [0.5, 0.6) is 0 Å². The summed E-state index contributed by atoms with van der Waals surface area (Å²) in [6, 6.07) is 0. The van der Waals surface area contributed by atoms with Crippen molar-refractivity contribution in [3.63, 3.8) is 0 Å². The molecule has 142 valence electrons. The number of likely N-dealkylation sites (tertiary alicyclic amines) is 1.